The number of hydrogen-bond acceptors (Lipinski definition) is 5. The van der Waals surface area contributed by atoms with E-state index >= 15 is 0 Å². The molecule has 2 saturated heterocycles. The third-order valence-electron chi connectivity index (χ3n) is 5.02. The zero-order valence-corrected chi connectivity index (χ0v) is 15.3. The average molecular weight is 368 g/mol. The Bertz CT molecular complexity index is 550. The summed E-state index contributed by atoms with van der Waals surface area (Å²) in [5.74, 6) is -1.54. The fraction of sp³-hybridized carbons (Fsp3) is 0.778. The van der Waals surface area contributed by atoms with E-state index < -0.39 is 18.1 Å². The molecule has 2 aliphatic rings. The number of amides is 2. The number of carbonyl (C=O) groups is 4. The van der Waals surface area contributed by atoms with Crippen LogP contribution in [0.5, 0.6) is 0 Å². The first-order valence-corrected chi connectivity index (χ1v) is 9.44. The maximum atomic E-state index is 12.4. The molecule has 2 atom stereocenters. The maximum absolute atomic E-state index is 12.4. The molecule has 26 heavy (non-hydrogen) atoms. The number of nitrogens with zero attached hydrogens (tertiary/aromatic N) is 2. The predicted octanol–water partition coefficient (Wildman–Crippen LogP) is 1.18. The summed E-state index contributed by atoms with van der Waals surface area (Å²) in [5, 5.41) is 9.12. The van der Waals surface area contributed by atoms with Crippen LogP contribution in [0.2, 0.25) is 0 Å². The van der Waals surface area contributed by atoms with E-state index in [9.17, 15) is 19.2 Å². The Balaban J connectivity index is 1.72. The molecule has 0 aliphatic carbocycles. The maximum Gasteiger partial charge on any atom is 0.328 e. The summed E-state index contributed by atoms with van der Waals surface area (Å²) >= 11 is 0. The van der Waals surface area contributed by atoms with Gasteiger partial charge in [-0.15, -0.1) is 0 Å². The van der Waals surface area contributed by atoms with Gasteiger partial charge in [0.05, 0.1) is 6.61 Å². The molecule has 146 valence electrons. The van der Waals surface area contributed by atoms with Gasteiger partial charge in [-0.25, -0.2) is 9.59 Å². The van der Waals surface area contributed by atoms with Gasteiger partial charge in [0, 0.05) is 25.9 Å². The second-order valence-electron chi connectivity index (χ2n) is 6.79. The number of unbranched alkanes of at least 4 members (excludes halogenated alkanes) is 1. The van der Waals surface area contributed by atoms with Crippen molar-refractivity contribution in [2.75, 3.05) is 19.7 Å². The minimum Gasteiger partial charge on any atom is -0.480 e. The van der Waals surface area contributed by atoms with Gasteiger partial charge in [-0.1, -0.05) is 0 Å². The Morgan fingerprint density at radius 2 is 1.42 bits per heavy atom. The lowest BCUT2D eigenvalue weighted by molar-refractivity contribution is -0.153. The molecule has 0 aromatic carbocycles. The minimum absolute atomic E-state index is 0.0856. The monoisotopic (exact) mass is 368 g/mol. The lowest BCUT2D eigenvalue weighted by Crippen LogP contribution is -2.41. The van der Waals surface area contributed by atoms with Gasteiger partial charge in [0.1, 0.15) is 12.1 Å². The Kier molecular flexibility index (Phi) is 7.41. The lowest BCUT2D eigenvalue weighted by atomic mass is 10.1. The zero-order valence-electron chi connectivity index (χ0n) is 15.3. The van der Waals surface area contributed by atoms with Crippen molar-refractivity contribution in [1.29, 1.82) is 0 Å². The average Bonchev–Trinajstić information content (AvgIpc) is 3.27. The van der Waals surface area contributed by atoms with Gasteiger partial charge in [0.25, 0.3) is 0 Å². The molecule has 0 saturated carbocycles. The summed E-state index contributed by atoms with van der Waals surface area (Å²) in [5.41, 5.74) is 0. The molecule has 2 fully saturated rings. The fourth-order valence-electron chi connectivity index (χ4n) is 3.71. The van der Waals surface area contributed by atoms with Crippen LogP contribution in [0, 0.1) is 0 Å². The zero-order chi connectivity index (χ0) is 19.1. The lowest BCUT2D eigenvalue weighted by Gasteiger charge is -2.23. The van der Waals surface area contributed by atoms with Crippen LogP contribution in [0.25, 0.3) is 0 Å². The van der Waals surface area contributed by atoms with Crippen molar-refractivity contribution in [2.24, 2.45) is 0 Å². The molecule has 2 amide bonds. The molecule has 2 heterocycles. The molecule has 0 aromatic rings. The van der Waals surface area contributed by atoms with Gasteiger partial charge in [0.2, 0.25) is 11.8 Å². The SMILES string of the molecule is CCOC(=O)C1CCCN1C(=O)CCCCC(=O)N1CCCC1C(=O)O. The third-order valence-corrected chi connectivity index (χ3v) is 5.02. The first-order chi connectivity index (χ1) is 12.5. The predicted molar refractivity (Wildman–Crippen MR) is 92.2 cm³/mol. The van der Waals surface area contributed by atoms with Crippen LogP contribution in [0.1, 0.15) is 58.3 Å². The first-order valence-electron chi connectivity index (χ1n) is 9.44. The Morgan fingerprint density at radius 1 is 0.923 bits per heavy atom. The molecule has 8 nitrogen and oxygen atoms in total. The number of carboxylic acids is 1. The van der Waals surface area contributed by atoms with Crippen molar-refractivity contribution in [3.05, 3.63) is 0 Å². The quantitative estimate of drug-likeness (QED) is 0.509. The second kappa shape index (κ2) is 9.54. The number of esters is 1. The highest BCUT2D eigenvalue weighted by Crippen LogP contribution is 2.22. The van der Waals surface area contributed by atoms with E-state index in [0.29, 0.717) is 51.8 Å². The van der Waals surface area contributed by atoms with Crippen LogP contribution >= 0.6 is 0 Å². The number of aliphatic carboxylic acids is 1. The van der Waals surface area contributed by atoms with Crippen molar-refractivity contribution in [3.63, 3.8) is 0 Å². The van der Waals surface area contributed by atoms with Crippen LogP contribution < -0.4 is 0 Å². The molecule has 0 radical (unpaired) electrons. The van der Waals surface area contributed by atoms with E-state index in [1.165, 1.54) is 4.90 Å². The number of hydrogen-bond donors (Lipinski definition) is 1. The van der Waals surface area contributed by atoms with E-state index in [2.05, 4.69) is 0 Å². The number of likely N-dealkylation sites (tertiary alicyclic amines) is 2. The number of ether oxygens (including phenoxy) is 1. The standard InChI is InChI=1S/C18H28N2O6/c1-2-26-18(25)14-8-6-12-20(14)16(22)10-4-3-9-15(21)19-11-5-7-13(19)17(23)24/h13-14H,2-12H2,1H3,(H,23,24). The fourth-order valence-corrected chi connectivity index (χ4v) is 3.71. The minimum atomic E-state index is -0.954. The molecule has 0 aromatic heterocycles. The Morgan fingerprint density at radius 3 is 1.92 bits per heavy atom. The number of rotatable bonds is 8. The summed E-state index contributed by atoms with van der Waals surface area (Å²) < 4.78 is 5.02. The molecular formula is C18H28N2O6. The van der Waals surface area contributed by atoms with Gasteiger partial charge in [-0.05, 0) is 45.4 Å². The third kappa shape index (κ3) is 4.95. The second-order valence-corrected chi connectivity index (χ2v) is 6.79. The highest BCUT2D eigenvalue weighted by molar-refractivity contribution is 5.85. The van der Waals surface area contributed by atoms with E-state index in [1.807, 2.05) is 0 Å². The van der Waals surface area contributed by atoms with Crippen LogP contribution in [-0.2, 0) is 23.9 Å². The summed E-state index contributed by atoms with van der Waals surface area (Å²) in [7, 11) is 0. The van der Waals surface area contributed by atoms with E-state index in [-0.39, 0.29) is 30.6 Å². The van der Waals surface area contributed by atoms with Gasteiger partial charge < -0.3 is 19.6 Å². The molecule has 2 aliphatic heterocycles. The van der Waals surface area contributed by atoms with Crippen molar-refractivity contribution in [1.82, 2.24) is 9.80 Å². The molecule has 0 bridgehead atoms. The number of carbonyl (C=O) groups excluding carboxylic acids is 3. The van der Waals surface area contributed by atoms with E-state index in [4.69, 9.17) is 9.84 Å². The topological polar surface area (TPSA) is 104 Å². The van der Waals surface area contributed by atoms with Gasteiger partial charge in [-0.2, -0.15) is 0 Å². The normalized spacial score (nSPS) is 22.5. The van der Waals surface area contributed by atoms with E-state index in [1.54, 1.807) is 11.8 Å². The van der Waals surface area contributed by atoms with Gasteiger partial charge >= 0.3 is 11.9 Å². The van der Waals surface area contributed by atoms with Crippen LogP contribution in [0.4, 0.5) is 0 Å². The highest BCUT2D eigenvalue weighted by atomic mass is 16.5. The summed E-state index contributed by atoms with van der Waals surface area (Å²) in [6.45, 7) is 3.09. The molecule has 0 spiro atoms. The van der Waals surface area contributed by atoms with Crippen molar-refractivity contribution < 1.29 is 29.0 Å². The molecule has 1 N–H and O–H groups in total. The Hall–Kier alpha value is -2.12. The Labute approximate surface area is 153 Å². The molecule has 2 unspecified atom stereocenters. The largest absolute Gasteiger partial charge is 0.480 e. The van der Waals surface area contributed by atoms with Gasteiger partial charge in [-0.3, -0.25) is 9.59 Å². The number of carboxylic acid groups (broad SMARTS) is 1. The van der Waals surface area contributed by atoms with Crippen LogP contribution in [0.3, 0.4) is 0 Å². The first kappa shape index (κ1) is 20.2. The van der Waals surface area contributed by atoms with E-state index in [0.717, 1.165) is 6.42 Å². The van der Waals surface area contributed by atoms with Gasteiger partial charge in [0.15, 0.2) is 0 Å². The summed E-state index contributed by atoms with van der Waals surface area (Å²) in [4.78, 5) is 50.6. The van der Waals surface area contributed by atoms with Crippen molar-refractivity contribution >= 4 is 23.8 Å². The summed E-state index contributed by atoms with van der Waals surface area (Å²) in [6.07, 6.45) is 4.25. The molecule has 2 rings (SSSR count). The molecular weight excluding hydrogens is 340 g/mol. The van der Waals surface area contributed by atoms with Crippen LogP contribution in [-0.4, -0.2) is 70.4 Å². The summed E-state index contributed by atoms with van der Waals surface area (Å²) in [6, 6.07) is -1.19. The molecule has 8 heteroatoms. The highest BCUT2D eigenvalue weighted by Gasteiger charge is 2.35. The smallest absolute Gasteiger partial charge is 0.328 e. The van der Waals surface area contributed by atoms with Crippen molar-refractivity contribution in [3.8, 4) is 0 Å². The van der Waals surface area contributed by atoms with Crippen molar-refractivity contribution in [2.45, 2.75) is 70.4 Å². The van der Waals surface area contributed by atoms with Crippen LogP contribution in [0.15, 0.2) is 0 Å².